The lowest BCUT2D eigenvalue weighted by Crippen LogP contribution is -2.62. The quantitative estimate of drug-likeness (QED) is 0.568. The summed E-state index contributed by atoms with van der Waals surface area (Å²) in [7, 11) is 0. The van der Waals surface area contributed by atoms with Crippen LogP contribution in [0.4, 0.5) is 0 Å². The van der Waals surface area contributed by atoms with Gasteiger partial charge in [-0.05, 0) is 104 Å². The number of carboxylic acids is 1. The summed E-state index contributed by atoms with van der Waals surface area (Å²) in [4.78, 5) is 11.5. The summed E-state index contributed by atoms with van der Waals surface area (Å²) in [6.07, 6.45) is -3.82. The molecule has 0 heterocycles. The maximum Gasteiger partial charge on any atom is 0.303 e. The number of aliphatic carboxylic acids is 1. The molecule has 4 rings (SSSR count). The summed E-state index contributed by atoms with van der Waals surface area (Å²) in [5.41, 5.74) is -0.990. The summed E-state index contributed by atoms with van der Waals surface area (Å²) in [5, 5.41) is 31.9. The van der Waals surface area contributed by atoms with Crippen molar-refractivity contribution in [1.82, 2.24) is 0 Å². The summed E-state index contributed by atoms with van der Waals surface area (Å²) >= 11 is 0. The van der Waals surface area contributed by atoms with Crippen LogP contribution in [0, 0.1) is 52.2 Å². The van der Waals surface area contributed by atoms with Gasteiger partial charge < -0.3 is 15.3 Å². The second-order valence-corrected chi connectivity index (χ2v) is 11.2. The molecule has 3 N–H and O–H groups in total. The lowest BCUT2D eigenvalue weighted by Gasteiger charge is -2.64. The van der Waals surface area contributed by atoms with Gasteiger partial charge in [0.05, 0.1) is 12.2 Å². The van der Waals surface area contributed by atoms with Crippen molar-refractivity contribution < 1.29 is 31.1 Å². The molecule has 0 unspecified atom stereocenters. The molecule has 4 fully saturated rings. The number of carboxylic acid groups (broad SMARTS) is 1. The summed E-state index contributed by atoms with van der Waals surface area (Å²) in [6.45, 7) is 2.85. The van der Waals surface area contributed by atoms with Crippen molar-refractivity contribution in [3.63, 3.8) is 0 Å². The fourth-order valence-corrected chi connectivity index (χ4v) is 8.58. The predicted molar refractivity (Wildman–Crippen MR) is 118 cm³/mol. The Bertz CT molecular complexity index is 943. The van der Waals surface area contributed by atoms with Crippen molar-refractivity contribution in [3.8, 4) is 0 Å². The van der Waals surface area contributed by atoms with Crippen LogP contribution >= 0.6 is 0 Å². The van der Waals surface area contributed by atoms with Gasteiger partial charge in [0.15, 0.2) is 0 Å². The maximum atomic E-state index is 12.0. The van der Waals surface area contributed by atoms with E-state index in [9.17, 15) is 21.5 Å². The summed E-state index contributed by atoms with van der Waals surface area (Å²) in [5.74, 6) is -5.59. The van der Waals surface area contributed by atoms with Gasteiger partial charge in [0, 0.05) is 17.3 Å². The highest BCUT2D eigenvalue weighted by atomic mass is 16.4. The molecule has 0 aromatic rings. The van der Waals surface area contributed by atoms with Crippen LogP contribution in [0.2, 0.25) is 0 Å². The molecule has 0 saturated heterocycles. The molecule has 11 atom stereocenters. The molecule has 172 valence electrons. The average Bonchev–Trinajstić information content (AvgIpc) is 3.14. The van der Waals surface area contributed by atoms with E-state index in [1.807, 2.05) is 13.8 Å². The average molecular weight is 429 g/mol. The number of hydrogen-bond acceptors (Lipinski definition) is 3. The number of rotatable bonds is 5. The molecule has 30 heavy (non-hydrogen) atoms. The number of aliphatic hydroxyl groups excluding tert-OH is 2. The number of hydrogen-bond donors (Lipinski definition) is 3. The van der Waals surface area contributed by atoms with Crippen molar-refractivity contribution in [1.29, 1.82) is 0 Å². The zero-order valence-corrected chi connectivity index (χ0v) is 18.5. The molecule has 0 radical (unpaired) electrons. The number of fused-ring (bicyclic) bond motifs is 5. The topological polar surface area (TPSA) is 77.8 Å². The minimum atomic E-state index is -3.14. The Hall–Kier alpha value is -0.610. The molecule has 0 aromatic heterocycles. The molecule has 0 bridgehead atoms. The minimum absolute atomic E-state index is 0.00621. The maximum absolute atomic E-state index is 12.0. The van der Waals surface area contributed by atoms with Crippen molar-refractivity contribution in [2.45, 2.75) is 104 Å². The van der Waals surface area contributed by atoms with Crippen LogP contribution in [0.3, 0.4) is 0 Å². The SMILES string of the molecule is [2H]C([2H])(C[C@@H](C)[C@H]1CC[C@H]2[C@H]3[C@H](CC[C@]12C)[C@@]1(C)CC[C@@H](O)C[C@H]1[C@]([2H])(C([2H])([2H])C([2H])([2H])[2H])[C@H]3O)C(=O)O. The molecule has 0 aromatic carbocycles. The standard InChI is InChI=1S/C26H44O4/c1-5-17-21-14-16(27)10-12-26(21,4)20-11-13-25(3)18(15(2)6-9-22(28)29)7-8-19(25)23(20)24(17)30/h15-21,23-24,27,30H,5-14H2,1-4H3,(H,28,29)/t15-,16-,17+,18-,19+,20+,21+,23+,24-,25-,26-/m1/s1/i1D3,5D2,9D2,17D. The van der Waals surface area contributed by atoms with Gasteiger partial charge in [-0.2, -0.15) is 0 Å². The zero-order valence-electron chi connectivity index (χ0n) is 26.5. The van der Waals surface area contributed by atoms with E-state index in [0.29, 0.717) is 32.1 Å². The summed E-state index contributed by atoms with van der Waals surface area (Å²) in [6, 6.07) is 0. The number of carbonyl (C=O) groups is 1. The van der Waals surface area contributed by atoms with Crippen LogP contribution in [0.15, 0.2) is 0 Å². The number of aliphatic hydroxyl groups is 2. The fourth-order valence-electron chi connectivity index (χ4n) is 8.58. The van der Waals surface area contributed by atoms with E-state index in [-0.39, 0.29) is 41.9 Å². The van der Waals surface area contributed by atoms with Gasteiger partial charge in [0.25, 0.3) is 0 Å². The third-order valence-electron chi connectivity index (χ3n) is 10.0. The van der Waals surface area contributed by atoms with Gasteiger partial charge in [-0.25, -0.2) is 0 Å². The monoisotopic (exact) mass is 428 g/mol. The van der Waals surface area contributed by atoms with E-state index in [1.165, 1.54) is 0 Å². The van der Waals surface area contributed by atoms with Crippen LogP contribution in [0.25, 0.3) is 0 Å². The molecule has 4 aliphatic rings. The molecule has 0 spiro atoms. The molecule has 0 amide bonds. The molecular weight excluding hydrogens is 376 g/mol. The van der Waals surface area contributed by atoms with Gasteiger partial charge in [0.1, 0.15) is 0 Å². The van der Waals surface area contributed by atoms with Gasteiger partial charge >= 0.3 is 5.97 Å². The summed E-state index contributed by atoms with van der Waals surface area (Å²) < 4.78 is 67.0. The highest BCUT2D eigenvalue weighted by Gasteiger charge is 2.64. The second kappa shape index (κ2) is 8.06. The predicted octanol–water partition coefficient (Wildman–Crippen LogP) is 5.11. The van der Waals surface area contributed by atoms with Crippen molar-refractivity contribution in [2.75, 3.05) is 0 Å². The first kappa shape index (κ1) is 14.5. The lowest BCUT2D eigenvalue weighted by atomic mass is 9.41. The van der Waals surface area contributed by atoms with E-state index in [4.69, 9.17) is 9.60 Å². The van der Waals surface area contributed by atoms with Crippen molar-refractivity contribution in [3.05, 3.63) is 0 Å². The highest BCUT2D eigenvalue weighted by molar-refractivity contribution is 5.66. The van der Waals surface area contributed by atoms with Crippen LogP contribution in [0.5, 0.6) is 0 Å². The van der Waals surface area contributed by atoms with Gasteiger partial charge in [-0.15, -0.1) is 0 Å². The third kappa shape index (κ3) is 3.36. The lowest BCUT2D eigenvalue weighted by molar-refractivity contribution is -0.203. The van der Waals surface area contributed by atoms with E-state index in [1.54, 1.807) is 0 Å². The highest BCUT2D eigenvalue weighted by Crippen LogP contribution is 2.69. The van der Waals surface area contributed by atoms with Crippen LogP contribution < -0.4 is 0 Å². The molecular formula is C26H44O4. The largest absolute Gasteiger partial charge is 0.481 e. The van der Waals surface area contributed by atoms with E-state index >= 15 is 0 Å². The van der Waals surface area contributed by atoms with E-state index in [2.05, 4.69) is 6.92 Å². The Kier molecular flexibility index (Phi) is 3.90. The molecule has 4 heteroatoms. The second-order valence-electron chi connectivity index (χ2n) is 11.2. The zero-order chi connectivity index (χ0) is 28.9. The first-order valence-corrected chi connectivity index (χ1v) is 11.8. The van der Waals surface area contributed by atoms with Crippen LogP contribution in [-0.4, -0.2) is 33.5 Å². The molecule has 4 nitrogen and oxygen atoms in total. The van der Waals surface area contributed by atoms with Gasteiger partial charge in [0.2, 0.25) is 0 Å². The first-order chi connectivity index (χ1) is 17.2. The van der Waals surface area contributed by atoms with Crippen molar-refractivity contribution in [2.24, 2.45) is 52.2 Å². The molecule has 4 aliphatic carbocycles. The smallest absolute Gasteiger partial charge is 0.303 e. The molecule has 4 saturated carbocycles. The Morgan fingerprint density at radius 2 is 1.83 bits per heavy atom. The van der Waals surface area contributed by atoms with Gasteiger partial charge in [-0.3, -0.25) is 4.79 Å². The third-order valence-corrected chi connectivity index (χ3v) is 10.0. The Balaban J connectivity index is 1.77. The van der Waals surface area contributed by atoms with Gasteiger partial charge in [-0.1, -0.05) is 34.0 Å². The van der Waals surface area contributed by atoms with E-state index in [0.717, 1.165) is 6.42 Å². The minimum Gasteiger partial charge on any atom is -0.481 e. The fraction of sp³-hybridized carbons (Fsp3) is 0.962. The van der Waals surface area contributed by atoms with Crippen LogP contribution in [-0.2, 0) is 4.79 Å². The first-order valence-electron chi connectivity index (χ1n) is 15.8. The normalized spacial score (nSPS) is 59.3. The van der Waals surface area contributed by atoms with Crippen molar-refractivity contribution >= 4 is 5.97 Å². The van der Waals surface area contributed by atoms with E-state index < -0.39 is 60.9 Å². The Morgan fingerprint density at radius 3 is 2.53 bits per heavy atom. The Morgan fingerprint density at radius 1 is 1.13 bits per heavy atom. The Labute approximate surface area is 194 Å². The molecule has 0 aliphatic heterocycles. The van der Waals surface area contributed by atoms with Crippen LogP contribution in [0.1, 0.15) is 103 Å².